The lowest BCUT2D eigenvalue weighted by Gasteiger charge is -2.44. The lowest BCUT2D eigenvalue weighted by Crippen LogP contribution is -2.60. The van der Waals surface area contributed by atoms with E-state index in [0.29, 0.717) is 31.7 Å². The molecule has 1 aromatic rings. The minimum absolute atomic E-state index is 0.184. The van der Waals surface area contributed by atoms with Crippen LogP contribution in [0.1, 0.15) is 90.0 Å². The van der Waals surface area contributed by atoms with Crippen molar-refractivity contribution in [1.29, 1.82) is 0 Å². The van der Waals surface area contributed by atoms with E-state index < -0.39 is 24.2 Å². The molecule has 1 N–H and O–H groups in total. The molecule has 3 aliphatic rings. The number of cyclic esters (lactones) is 1. The SMILES string of the molecule is CC(C)CCC(Cc1ccc(O)cc1)N1C(=O)N(C2CCCCC2)OC(=O)C(=O)OC1CCN1CCCCC1. The maximum absolute atomic E-state index is 14.4. The fraction of sp³-hybridized carbons (Fsp3) is 0.700. The smallest absolute Gasteiger partial charge is 0.441 e. The third kappa shape index (κ3) is 8.10. The van der Waals surface area contributed by atoms with Crippen LogP contribution in [-0.2, 0) is 25.6 Å². The van der Waals surface area contributed by atoms with Gasteiger partial charge in [0.1, 0.15) is 5.75 Å². The van der Waals surface area contributed by atoms with Crippen LogP contribution in [0.3, 0.4) is 0 Å². The molecule has 0 bridgehead atoms. The molecule has 0 radical (unpaired) electrons. The average molecular weight is 544 g/mol. The van der Waals surface area contributed by atoms with Gasteiger partial charge < -0.3 is 19.6 Å². The second-order valence-electron chi connectivity index (χ2n) is 11.7. The first kappa shape index (κ1) is 29.2. The maximum Gasteiger partial charge on any atom is 0.441 e. The molecule has 2 amide bonds. The number of hydrogen-bond acceptors (Lipinski definition) is 7. The van der Waals surface area contributed by atoms with Crippen LogP contribution in [0, 0.1) is 5.92 Å². The molecule has 39 heavy (non-hydrogen) atoms. The topological polar surface area (TPSA) is 99.6 Å². The number of phenolic OH excluding ortho intramolecular Hbond substituents is 1. The predicted octanol–water partition coefficient (Wildman–Crippen LogP) is 5.01. The highest BCUT2D eigenvalue weighted by Gasteiger charge is 2.44. The molecular weight excluding hydrogens is 498 g/mol. The molecule has 216 valence electrons. The quantitative estimate of drug-likeness (QED) is 0.327. The molecule has 2 atom stereocenters. The molecule has 3 fully saturated rings. The third-order valence-corrected chi connectivity index (χ3v) is 8.24. The number of likely N-dealkylation sites (tertiary alicyclic amines) is 1. The molecule has 1 aliphatic carbocycles. The summed E-state index contributed by atoms with van der Waals surface area (Å²) >= 11 is 0. The number of urea groups is 1. The molecule has 4 rings (SSSR count). The normalized spacial score (nSPS) is 22.8. The lowest BCUT2D eigenvalue weighted by molar-refractivity contribution is -0.215. The van der Waals surface area contributed by atoms with Gasteiger partial charge in [0.25, 0.3) is 0 Å². The summed E-state index contributed by atoms with van der Waals surface area (Å²) < 4.78 is 5.76. The van der Waals surface area contributed by atoms with Crippen molar-refractivity contribution < 1.29 is 29.1 Å². The highest BCUT2D eigenvalue weighted by atomic mass is 16.7. The Kier molecular flexibility index (Phi) is 10.5. The van der Waals surface area contributed by atoms with E-state index >= 15 is 0 Å². The van der Waals surface area contributed by atoms with Gasteiger partial charge in [-0.2, -0.15) is 0 Å². The number of benzene rings is 1. The van der Waals surface area contributed by atoms with E-state index in [4.69, 9.17) is 9.57 Å². The molecule has 2 heterocycles. The summed E-state index contributed by atoms with van der Waals surface area (Å²) in [6.07, 6.45) is 9.57. The standard InChI is InChI=1S/C30H45N3O6/c1-22(2)11-14-25(21-23-12-15-26(34)16-13-23)32-27(17-20-31-18-7-4-8-19-31)38-28(35)29(36)39-33(30(32)37)24-9-5-3-6-10-24/h12-13,15-16,22,24-25,27,34H,3-11,14,17-21H2,1-2H3. The number of nitrogens with zero attached hydrogens (tertiary/aromatic N) is 3. The number of aromatic hydroxyl groups is 1. The Morgan fingerprint density at radius 1 is 0.897 bits per heavy atom. The number of hydrogen-bond donors (Lipinski definition) is 1. The number of carbonyl (C=O) groups excluding carboxylic acids is 3. The van der Waals surface area contributed by atoms with Crippen LogP contribution in [0.2, 0.25) is 0 Å². The van der Waals surface area contributed by atoms with Crippen LogP contribution in [0.15, 0.2) is 24.3 Å². The van der Waals surface area contributed by atoms with Gasteiger partial charge in [-0.05, 0) is 81.6 Å². The Morgan fingerprint density at radius 2 is 1.56 bits per heavy atom. The minimum atomic E-state index is -1.13. The zero-order valence-electron chi connectivity index (χ0n) is 23.6. The number of phenols is 1. The molecule has 2 saturated heterocycles. The lowest BCUT2D eigenvalue weighted by atomic mass is 9.94. The van der Waals surface area contributed by atoms with Crippen LogP contribution in [0.25, 0.3) is 0 Å². The van der Waals surface area contributed by atoms with Crippen molar-refractivity contribution in [2.24, 2.45) is 5.92 Å². The van der Waals surface area contributed by atoms with Crippen molar-refractivity contribution in [3.8, 4) is 5.75 Å². The zero-order chi connectivity index (χ0) is 27.8. The van der Waals surface area contributed by atoms with Gasteiger partial charge in [0.05, 0.1) is 6.04 Å². The third-order valence-electron chi connectivity index (χ3n) is 8.24. The fourth-order valence-electron chi connectivity index (χ4n) is 6.01. The van der Waals surface area contributed by atoms with Gasteiger partial charge in [-0.25, -0.2) is 14.4 Å². The summed E-state index contributed by atoms with van der Waals surface area (Å²) in [5, 5.41) is 11.0. The minimum Gasteiger partial charge on any atom is -0.508 e. The van der Waals surface area contributed by atoms with Crippen LogP contribution < -0.4 is 0 Å². The zero-order valence-corrected chi connectivity index (χ0v) is 23.6. The number of ether oxygens (including phenoxy) is 1. The molecule has 2 unspecified atom stereocenters. The van der Waals surface area contributed by atoms with Crippen LogP contribution in [0.4, 0.5) is 4.79 Å². The molecule has 1 aromatic carbocycles. The van der Waals surface area contributed by atoms with Gasteiger partial charge in [-0.1, -0.05) is 51.7 Å². The van der Waals surface area contributed by atoms with Gasteiger partial charge in [0, 0.05) is 19.0 Å². The summed E-state index contributed by atoms with van der Waals surface area (Å²) in [7, 11) is 0. The Bertz CT molecular complexity index is 956. The van der Waals surface area contributed by atoms with Crippen LogP contribution in [0.5, 0.6) is 5.75 Å². The number of piperidine rings is 1. The number of amides is 2. The Hall–Kier alpha value is -2.81. The summed E-state index contributed by atoms with van der Waals surface area (Å²) in [4.78, 5) is 49.4. The first-order chi connectivity index (χ1) is 18.8. The van der Waals surface area contributed by atoms with E-state index in [1.54, 1.807) is 17.0 Å². The molecule has 9 heteroatoms. The van der Waals surface area contributed by atoms with Crippen molar-refractivity contribution in [2.45, 2.75) is 109 Å². The number of carbonyl (C=O) groups is 3. The first-order valence-electron chi connectivity index (χ1n) is 14.9. The van der Waals surface area contributed by atoms with Crippen molar-refractivity contribution in [3.05, 3.63) is 29.8 Å². The molecule has 2 aliphatic heterocycles. The van der Waals surface area contributed by atoms with Crippen molar-refractivity contribution in [3.63, 3.8) is 0 Å². The molecule has 9 nitrogen and oxygen atoms in total. The van der Waals surface area contributed by atoms with Crippen molar-refractivity contribution >= 4 is 18.0 Å². The summed E-state index contributed by atoms with van der Waals surface area (Å²) in [5.74, 6) is -1.58. The van der Waals surface area contributed by atoms with E-state index in [9.17, 15) is 19.5 Å². The second kappa shape index (κ2) is 14.0. The first-order valence-corrected chi connectivity index (χ1v) is 14.9. The Balaban J connectivity index is 1.68. The van der Waals surface area contributed by atoms with Gasteiger partial charge >= 0.3 is 18.0 Å². The number of esters is 1. The number of hydroxylamine groups is 2. The van der Waals surface area contributed by atoms with E-state index in [-0.39, 0.29) is 17.8 Å². The largest absolute Gasteiger partial charge is 0.508 e. The van der Waals surface area contributed by atoms with E-state index in [1.165, 1.54) is 11.5 Å². The van der Waals surface area contributed by atoms with Gasteiger partial charge in [0.2, 0.25) is 0 Å². The predicted molar refractivity (Wildman–Crippen MR) is 146 cm³/mol. The summed E-state index contributed by atoms with van der Waals surface area (Å²) in [6, 6.07) is 6.07. The molecular formula is C30H45N3O6. The van der Waals surface area contributed by atoms with Gasteiger partial charge in [0.15, 0.2) is 6.23 Å². The van der Waals surface area contributed by atoms with Gasteiger partial charge in [-0.3, -0.25) is 4.90 Å². The molecule has 0 spiro atoms. The average Bonchev–Trinajstić information content (AvgIpc) is 2.94. The summed E-state index contributed by atoms with van der Waals surface area (Å²) in [6.45, 7) is 6.94. The van der Waals surface area contributed by atoms with Crippen LogP contribution >= 0.6 is 0 Å². The van der Waals surface area contributed by atoms with Crippen molar-refractivity contribution in [2.75, 3.05) is 19.6 Å². The highest BCUT2D eigenvalue weighted by Crippen LogP contribution is 2.30. The van der Waals surface area contributed by atoms with E-state index in [1.807, 2.05) is 12.1 Å². The summed E-state index contributed by atoms with van der Waals surface area (Å²) in [5.41, 5.74) is 0.971. The van der Waals surface area contributed by atoms with Gasteiger partial charge in [-0.15, -0.1) is 5.06 Å². The van der Waals surface area contributed by atoms with E-state index in [0.717, 1.165) is 70.0 Å². The van der Waals surface area contributed by atoms with Crippen LogP contribution in [-0.4, -0.2) is 75.9 Å². The Labute approximate surface area is 232 Å². The second-order valence-corrected chi connectivity index (χ2v) is 11.7. The monoisotopic (exact) mass is 543 g/mol. The molecule has 1 saturated carbocycles. The molecule has 0 aromatic heterocycles. The number of rotatable bonds is 10. The maximum atomic E-state index is 14.4. The van der Waals surface area contributed by atoms with E-state index in [2.05, 4.69) is 18.7 Å². The van der Waals surface area contributed by atoms with Crippen molar-refractivity contribution in [1.82, 2.24) is 14.9 Å². The highest BCUT2D eigenvalue weighted by molar-refractivity contribution is 6.29. The Morgan fingerprint density at radius 3 is 2.23 bits per heavy atom. The fourth-order valence-corrected chi connectivity index (χ4v) is 6.01.